The SMILES string of the molecule is CCC(N)(O)c1cccc(OCc2ccccc2)c1. The van der Waals surface area contributed by atoms with Crippen LogP contribution < -0.4 is 10.5 Å². The van der Waals surface area contributed by atoms with Gasteiger partial charge in [0.2, 0.25) is 0 Å². The third kappa shape index (κ3) is 3.56. The molecule has 0 aliphatic carbocycles. The molecule has 3 nitrogen and oxygen atoms in total. The van der Waals surface area contributed by atoms with Gasteiger partial charge in [-0.2, -0.15) is 0 Å². The Kier molecular flexibility index (Phi) is 4.20. The minimum atomic E-state index is -1.30. The van der Waals surface area contributed by atoms with Gasteiger partial charge in [0.25, 0.3) is 0 Å². The third-order valence-corrected chi connectivity index (χ3v) is 3.12. The Morgan fingerprint density at radius 2 is 1.84 bits per heavy atom. The molecule has 19 heavy (non-hydrogen) atoms. The minimum Gasteiger partial charge on any atom is -0.489 e. The molecule has 1 atom stereocenters. The lowest BCUT2D eigenvalue weighted by Crippen LogP contribution is -2.35. The van der Waals surface area contributed by atoms with E-state index in [0.717, 1.165) is 5.56 Å². The number of rotatable bonds is 5. The van der Waals surface area contributed by atoms with Gasteiger partial charge >= 0.3 is 0 Å². The molecule has 0 bridgehead atoms. The predicted molar refractivity (Wildman–Crippen MR) is 75.6 cm³/mol. The highest BCUT2D eigenvalue weighted by molar-refractivity contribution is 5.32. The number of benzene rings is 2. The highest BCUT2D eigenvalue weighted by Gasteiger charge is 2.21. The summed E-state index contributed by atoms with van der Waals surface area (Å²) in [5, 5.41) is 10.0. The molecule has 0 saturated heterocycles. The van der Waals surface area contributed by atoms with Crippen LogP contribution in [0.2, 0.25) is 0 Å². The molecule has 3 N–H and O–H groups in total. The molecule has 0 aromatic heterocycles. The third-order valence-electron chi connectivity index (χ3n) is 3.12. The van der Waals surface area contributed by atoms with E-state index in [1.807, 2.05) is 49.4 Å². The lowest BCUT2D eigenvalue weighted by molar-refractivity contribution is 0.0392. The second kappa shape index (κ2) is 5.87. The molecule has 2 rings (SSSR count). The molecule has 1 unspecified atom stereocenters. The van der Waals surface area contributed by atoms with Crippen molar-refractivity contribution in [2.24, 2.45) is 5.73 Å². The van der Waals surface area contributed by atoms with E-state index in [-0.39, 0.29) is 0 Å². The van der Waals surface area contributed by atoms with Gasteiger partial charge in [-0.1, -0.05) is 49.4 Å². The van der Waals surface area contributed by atoms with Gasteiger partial charge in [-0.3, -0.25) is 5.73 Å². The van der Waals surface area contributed by atoms with Gasteiger partial charge in [0.1, 0.15) is 18.1 Å². The van der Waals surface area contributed by atoms with Gasteiger partial charge in [-0.25, -0.2) is 0 Å². The van der Waals surface area contributed by atoms with Crippen LogP contribution in [0.5, 0.6) is 5.75 Å². The maximum Gasteiger partial charge on any atom is 0.139 e. The zero-order valence-electron chi connectivity index (χ0n) is 11.0. The van der Waals surface area contributed by atoms with Crippen molar-refractivity contribution in [2.45, 2.75) is 25.7 Å². The first kappa shape index (κ1) is 13.6. The maximum atomic E-state index is 10.0. The van der Waals surface area contributed by atoms with E-state index in [1.54, 1.807) is 12.1 Å². The van der Waals surface area contributed by atoms with Crippen LogP contribution in [0, 0.1) is 0 Å². The monoisotopic (exact) mass is 257 g/mol. The van der Waals surface area contributed by atoms with E-state index in [1.165, 1.54) is 0 Å². The zero-order chi connectivity index (χ0) is 13.7. The summed E-state index contributed by atoms with van der Waals surface area (Å²) in [5.74, 6) is 0.707. The summed E-state index contributed by atoms with van der Waals surface area (Å²) in [4.78, 5) is 0. The standard InChI is InChI=1S/C16H19NO2/c1-2-16(17,18)14-9-6-10-15(11-14)19-12-13-7-4-3-5-8-13/h3-11,18H,2,12,17H2,1H3. The van der Waals surface area contributed by atoms with Crippen LogP contribution >= 0.6 is 0 Å². The predicted octanol–water partition coefficient (Wildman–Crippen LogP) is 2.78. The normalized spacial score (nSPS) is 13.8. The fraction of sp³-hybridized carbons (Fsp3) is 0.250. The van der Waals surface area contributed by atoms with Crippen LogP contribution in [0.1, 0.15) is 24.5 Å². The summed E-state index contributed by atoms with van der Waals surface area (Å²) in [6, 6.07) is 17.2. The zero-order valence-corrected chi connectivity index (χ0v) is 11.0. The second-order valence-corrected chi connectivity index (χ2v) is 4.58. The molecule has 0 aliphatic rings. The smallest absolute Gasteiger partial charge is 0.139 e. The molecular formula is C16H19NO2. The van der Waals surface area contributed by atoms with Crippen molar-refractivity contribution in [1.82, 2.24) is 0 Å². The largest absolute Gasteiger partial charge is 0.489 e. The molecule has 2 aromatic carbocycles. The first-order valence-electron chi connectivity index (χ1n) is 6.40. The lowest BCUT2D eigenvalue weighted by atomic mass is 10.0. The van der Waals surface area contributed by atoms with Gasteiger partial charge in [-0.15, -0.1) is 0 Å². The van der Waals surface area contributed by atoms with E-state index in [2.05, 4.69) is 0 Å². The Hall–Kier alpha value is -1.84. The summed E-state index contributed by atoms with van der Waals surface area (Å²) in [6.45, 7) is 2.34. The number of ether oxygens (including phenoxy) is 1. The summed E-state index contributed by atoms with van der Waals surface area (Å²) in [6.07, 6.45) is 0.454. The Labute approximate surface area is 113 Å². The average molecular weight is 257 g/mol. The average Bonchev–Trinajstić information content (AvgIpc) is 2.46. The molecular weight excluding hydrogens is 238 g/mol. The topological polar surface area (TPSA) is 55.5 Å². The number of hydrogen-bond donors (Lipinski definition) is 2. The van der Waals surface area contributed by atoms with Crippen LogP contribution in [0.15, 0.2) is 54.6 Å². The van der Waals surface area contributed by atoms with Crippen molar-refractivity contribution < 1.29 is 9.84 Å². The van der Waals surface area contributed by atoms with Crippen molar-refractivity contribution >= 4 is 0 Å². The molecule has 2 aromatic rings. The van der Waals surface area contributed by atoms with E-state index in [9.17, 15) is 5.11 Å². The van der Waals surface area contributed by atoms with E-state index in [4.69, 9.17) is 10.5 Å². The lowest BCUT2D eigenvalue weighted by Gasteiger charge is -2.22. The van der Waals surface area contributed by atoms with Crippen molar-refractivity contribution in [1.29, 1.82) is 0 Å². The number of aliphatic hydroxyl groups is 1. The molecule has 100 valence electrons. The molecule has 0 saturated carbocycles. The van der Waals surface area contributed by atoms with Crippen LogP contribution in [0.3, 0.4) is 0 Å². The van der Waals surface area contributed by atoms with Gasteiger partial charge in [0.15, 0.2) is 0 Å². The fourth-order valence-corrected chi connectivity index (χ4v) is 1.80. The Morgan fingerprint density at radius 3 is 2.53 bits per heavy atom. The quantitative estimate of drug-likeness (QED) is 0.810. The summed E-state index contributed by atoms with van der Waals surface area (Å²) in [7, 11) is 0. The van der Waals surface area contributed by atoms with Gasteiger partial charge < -0.3 is 9.84 Å². The van der Waals surface area contributed by atoms with E-state index < -0.39 is 5.72 Å². The van der Waals surface area contributed by atoms with Gasteiger partial charge in [-0.05, 0) is 24.1 Å². The summed E-state index contributed by atoms with van der Waals surface area (Å²) in [5.41, 5.74) is 6.28. The molecule has 0 fully saturated rings. The molecule has 3 heteroatoms. The van der Waals surface area contributed by atoms with Crippen LogP contribution in [0.25, 0.3) is 0 Å². The van der Waals surface area contributed by atoms with Crippen LogP contribution in [0.4, 0.5) is 0 Å². The molecule has 0 spiro atoms. The highest BCUT2D eigenvalue weighted by atomic mass is 16.5. The first-order chi connectivity index (χ1) is 9.12. The van der Waals surface area contributed by atoms with Gasteiger partial charge in [0, 0.05) is 5.56 Å². The van der Waals surface area contributed by atoms with Crippen molar-refractivity contribution in [3.8, 4) is 5.75 Å². The molecule has 0 aliphatic heterocycles. The van der Waals surface area contributed by atoms with Crippen molar-refractivity contribution in [2.75, 3.05) is 0 Å². The van der Waals surface area contributed by atoms with E-state index in [0.29, 0.717) is 24.3 Å². The highest BCUT2D eigenvalue weighted by Crippen LogP contribution is 2.23. The summed E-state index contributed by atoms with van der Waals surface area (Å²) < 4.78 is 5.71. The second-order valence-electron chi connectivity index (χ2n) is 4.58. The Bertz CT molecular complexity index is 523. The van der Waals surface area contributed by atoms with Gasteiger partial charge in [0.05, 0.1) is 0 Å². The fourth-order valence-electron chi connectivity index (χ4n) is 1.80. The minimum absolute atomic E-state index is 0.454. The molecule has 0 heterocycles. The number of hydrogen-bond acceptors (Lipinski definition) is 3. The Morgan fingerprint density at radius 1 is 1.11 bits per heavy atom. The van der Waals surface area contributed by atoms with Crippen LogP contribution in [-0.2, 0) is 12.3 Å². The van der Waals surface area contributed by atoms with Crippen LogP contribution in [-0.4, -0.2) is 5.11 Å². The first-order valence-corrected chi connectivity index (χ1v) is 6.40. The number of nitrogens with two attached hydrogens (primary N) is 1. The Balaban J connectivity index is 2.08. The van der Waals surface area contributed by atoms with E-state index >= 15 is 0 Å². The van der Waals surface area contributed by atoms with Crippen molar-refractivity contribution in [3.05, 3.63) is 65.7 Å². The molecule has 0 amide bonds. The maximum absolute atomic E-state index is 10.0. The van der Waals surface area contributed by atoms with Crippen molar-refractivity contribution in [3.63, 3.8) is 0 Å². The summed E-state index contributed by atoms with van der Waals surface area (Å²) >= 11 is 0. The molecule has 0 radical (unpaired) electrons.